The molecule has 120 valence electrons. The van der Waals surface area contributed by atoms with E-state index in [1.165, 1.54) is 5.56 Å². The largest absolute Gasteiger partial charge is 0.396 e. The molecule has 0 bridgehead atoms. The number of aliphatic hydroxyl groups is 1. The molecule has 0 aromatic heterocycles. The first-order valence-corrected chi connectivity index (χ1v) is 8.13. The number of aliphatic hydroxyl groups excluding tert-OH is 1. The van der Waals surface area contributed by atoms with Crippen LogP contribution in [0.15, 0.2) is 54.6 Å². The van der Waals surface area contributed by atoms with E-state index in [1.54, 1.807) is 0 Å². The fraction of sp³-hybridized carbons (Fsp3) is 0.381. The van der Waals surface area contributed by atoms with Crippen LogP contribution in [0.3, 0.4) is 0 Å². The van der Waals surface area contributed by atoms with Crippen LogP contribution in [0.4, 0.5) is 0 Å². The van der Waals surface area contributed by atoms with Gasteiger partial charge in [0.2, 0.25) is 0 Å². The minimum Gasteiger partial charge on any atom is -0.396 e. The number of hydrogen-bond donors (Lipinski definition) is 1. The van der Waals surface area contributed by atoms with Gasteiger partial charge < -0.3 is 5.11 Å². The third-order valence-electron chi connectivity index (χ3n) is 4.35. The summed E-state index contributed by atoms with van der Waals surface area (Å²) in [5.41, 5.74) is 3.48. The second-order valence-electron chi connectivity index (χ2n) is 7.01. The van der Waals surface area contributed by atoms with Gasteiger partial charge >= 0.3 is 0 Å². The fourth-order valence-corrected chi connectivity index (χ4v) is 2.95. The van der Waals surface area contributed by atoms with E-state index in [0.717, 1.165) is 11.1 Å². The highest BCUT2D eigenvalue weighted by atomic mass is 16.3. The molecule has 2 unspecified atom stereocenters. The molecule has 0 spiro atoms. The molecular weight excluding hydrogens is 282 g/mol. The highest BCUT2D eigenvalue weighted by Gasteiger charge is 2.25. The molecule has 0 saturated carbocycles. The third-order valence-corrected chi connectivity index (χ3v) is 4.35. The number of hydrogen-bond acceptors (Lipinski definition) is 2. The fourth-order valence-electron chi connectivity index (χ4n) is 2.95. The van der Waals surface area contributed by atoms with E-state index in [4.69, 9.17) is 0 Å². The van der Waals surface area contributed by atoms with E-state index in [2.05, 4.69) is 51.1 Å². The molecule has 2 rings (SSSR count). The predicted molar refractivity (Wildman–Crippen MR) is 94.4 cm³/mol. The molecule has 0 aliphatic rings. The molecule has 23 heavy (non-hydrogen) atoms. The van der Waals surface area contributed by atoms with Gasteiger partial charge in [0.15, 0.2) is 0 Å². The summed E-state index contributed by atoms with van der Waals surface area (Å²) < 4.78 is 0. The maximum Gasteiger partial charge on any atom is 0.0782 e. The Labute approximate surface area is 139 Å². The van der Waals surface area contributed by atoms with E-state index in [-0.39, 0.29) is 23.9 Å². The topological polar surface area (TPSA) is 44.0 Å². The van der Waals surface area contributed by atoms with Gasteiger partial charge in [0, 0.05) is 12.5 Å². The Morgan fingerprint density at radius 2 is 1.57 bits per heavy atom. The van der Waals surface area contributed by atoms with Gasteiger partial charge in [0.1, 0.15) is 0 Å². The lowest BCUT2D eigenvalue weighted by molar-refractivity contribution is 0.272. The molecule has 2 nitrogen and oxygen atoms in total. The second kappa shape index (κ2) is 7.44. The first kappa shape index (κ1) is 17.2. The van der Waals surface area contributed by atoms with E-state index in [0.29, 0.717) is 6.42 Å². The Hall–Kier alpha value is -2.11. The SMILES string of the molecule is CC(C)(C)c1ccc(C(C#N)C(CCO)c2ccccc2)cc1. The average molecular weight is 307 g/mol. The highest BCUT2D eigenvalue weighted by molar-refractivity contribution is 5.36. The van der Waals surface area contributed by atoms with Crippen molar-refractivity contribution in [3.63, 3.8) is 0 Å². The van der Waals surface area contributed by atoms with Crippen LogP contribution in [0.25, 0.3) is 0 Å². The standard InChI is InChI=1S/C21H25NO/c1-21(2,3)18-11-9-17(10-12-18)20(15-22)19(13-14-23)16-7-5-4-6-8-16/h4-12,19-20,23H,13-14H2,1-3H3. The summed E-state index contributed by atoms with van der Waals surface area (Å²) >= 11 is 0. The number of nitrogens with zero attached hydrogens (tertiary/aromatic N) is 1. The molecule has 0 radical (unpaired) electrons. The zero-order valence-corrected chi connectivity index (χ0v) is 14.2. The van der Waals surface area contributed by atoms with Gasteiger partial charge in [-0.1, -0.05) is 75.4 Å². The quantitative estimate of drug-likeness (QED) is 0.865. The van der Waals surface area contributed by atoms with E-state index in [1.807, 2.05) is 30.3 Å². The van der Waals surface area contributed by atoms with Crippen molar-refractivity contribution >= 4 is 0 Å². The lowest BCUT2D eigenvalue weighted by Crippen LogP contribution is -2.14. The third kappa shape index (κ3) is 4.21. The highest BCUT2D eigenvalue weighted by Crippen LogP contribution is 2.36. The first-order valence-electron chi connectivity index (χ1n) is 8.13. The summed E-state index contributed by atoms with van der Waals surface area (Å²) in [7, 11) is 0. The predicted octanol–water partition coefficient (Wildman–Crippen LogP) is 4.76. The summed E-state index contributed by atoms with van der Waals surface area (Å²) in [6.07, 6.45) is 0.587. The molecule has 2 atom stereocenters. The Bertz CT molecular complexity index is 647. The van der Waals surface area contributed by atoms with Crippen molar-refractivity contribution in [1.29, 1.82) is 5.26 Å². The van der Waals surface area contributed by atoms with Crippen molar-refractivity contribution in [3.8, 4) is 6.07 Å². The van der Waals surface area contributed by atoms with Gasteiger partial charge in [-0.3, -0.25) is 0 Å². The molecule has 0 heterocycles. The molecule has 0 amide bonds. The van der Waals surface area contributed by atoms with Crippen LogP contribution in [0.5, 0.6) is 0 Å². The maximum atomic E-state index is 9.74. The zero-order chi connectivity index (χ0) is 16.9. The molecule has 0 aliphatic carbocycles. The van der Waals surface area contributed by atoms with Crippen LogP contribution in [0.2, 0.25) is 0 Å². The minimum atomic E-state index is -0.251. The van der Waals surface area contributed by atoms with Crippen LogP contribution in [0, 0.1) is 11.3 Å². The van der Waals surface area contributed by atoms with Gasteiger partial charge in [-0.2, -0.15) is 5.26 Å². The monoisotopic (exact) mass is 307 g/mol. The Kier molecular flexibility index (Phi) is 5.58. The van der Waals surface area contributed by atoms with E-state index in [9.17, 15) is 10.4 Å². The molecule has 0 aliphatic heterocycles. The van der Waals surface area contributed by atoms with Crippen molar-refractivity contribution in [2.24, 2.45) is 0 Å². The molecular formula is C21H25NO. The summed E-state index contributed by atoms with van der Waals surface area (Å²) in [6, 6.07) is 20.8. The Morgan fingerprint density at radius 3 is 2.04 bits per heavy atom. The van der Waals surface area contributed by atoms with Crippen molar-refractivity contribution in [1.82, 2.24) is 0 Å². The van der Waals surface area contributed by atoms with E-state index < -0.39 is 0 Å². The second-order valence-corrected chi connectivity index (χ2v) is 7.01. The van der Waals surface area contributed by atoms with Crippen molar-refractivity contribution < 1.29 is 5.11 Å². The molecule has 2 aromatic rings. The molecule has 0 saturated heterocycles. The Balaban J connectivity index is 2.35. The van der Waals surface area contributed by atoms with Gasteiger partial charge in [0.25, 0.3) is 0 Å². The summed E-state index contributed by atoms with van der Waals surface area (Å²) in [5, 5.41) is 19.2. The smallest absolute Gasteiger partial charge is 0.0782 e. The number of nitriles is 1. The maximum absolute atomic E-state index is 9.74. The van der Waals surface area contributed by atoms with Crippen molar-refractivity contribution in [3.05, 3.63) is 71.3 Å². The molecule has 2 aromatic carbocycles. The normalized spacial score (nSPS) is 14.0. The molecule has 2 heteroatoms. The van der Waals surface area contributed by atoms with Gasteiger partial charge in [0.05, 0.1) is 12.0 Å². The van der Waals surface area contributed by atoms with Crippen LogP contribution in [-0.4, -0.2) is 11.7 Å². The molecule has 1 N–H and O–H groups in total. The van der Waals surface area contributed by atoms with Gasteiger partial charge in [-0.15, -0.1) is 0 Å². The lowest BCUT2D eigenvalue weighted by atomic mass is 9.79. The average Bonchev–Trinajstić information content (AvgIpc) is 2.55. The van der Waals surface area contributed by atoms with Crippen LogP contribution in [-0.2, 0) is 5.41 Å². The summed E-state index contributed by atoms with van der Waals surface area (Å²) in [6.45, 7) is 6.63. The number of rotatable bonds is 5. The minimum absolute atomic E-state index is 0.00619. The zero-order valence-electron chi connectivity index (χ0n) is 14.2. The summed E-state index contributed by atoms with van der Waals surface area (Å²) in [4.78, 5) is 0. The van der Waals surface area contributed by atoms with Crippen LogP contribution < -0.4 is 0 Å². The van der Waals surface area contributed by atoms with Crippen molar-refractivity contribution in [2.75, 3.05) is 6.61 Å². The van der Waals surface area contributed by atoms with Crippen molar-refractivity contribution in [2.45, 2.75) is 44.4 Å². The van der Waals surface area contributed by atoms with Gasteiger partial charge in [-0.25, -0.2) is 0 Å². The van der Waals surface area contributed by atoms with Gasteiger partial charge in [-0.05, 0) is 28.5 Å². The Morgan fingerprint density at radius 1 is 0.957 bits per heavy atom. The first-order chi connectivity index (χ1) is 11.0. The molecule has 0 fully saturated rings. The number of benzene rings is 2. The van der Waals surface area contributed by atoms with Crippen LogP contribution in [0.1, 0.15) is 55.7 Å². The lowest BCUT2D eigenvalue weighted by Gasteiger charge is -2.24. The van der Waals surface area contributed by atoms with Crippen LogP contribution >= 0.6 is 0 Å². The summed E-state index contributed by atoms with van der Waals surface area (Å²) in [5.74, 6) is -0.245. The van der Waals surface area contributed by atoms with E-state index >= 15 is 0 Å².